The van der Waals surface area contributed by atoms with E-state index in [0.29, 0.717) is 17.9 Å². The molecule has 1 aromatic carbocycles. The number of rotatable bonds is 9. The number of carbonyl (C=O) groups is 1. The summed E-state index contributed by atoms with van der Waals surface area (Å²) in [5, 5.41) is 2.29. The largest absolute Gasteiger partial charge is 0.427 e. The van der Waals surface area contributed by atoms with Gasteiger partial charge in [-0.3, -0.25) is 4.79 Å². The highest BCUT2D eigenvalue weighted by Gasteiger charge is 2.04. The zero-order valence-electron chi connectivity index (χ0n) is 11.9. The van der Waals surface area contributed by atoms with Gasteiger partial charge >= 0.3 is 5.97 Å². The first kappa shape index (κ1) is 16.5. The summed E-state index contributed by atoms with van der Waals surface area (Å²) < 4.78 is 5.25. The average molecular weight is 291 g/mol. The molecule has 0 aliphatic carbocycles. The Kier molecular flexibility index (Phi) is 8.52. The lowest BCUT2D eigenvalue weighted by atomic mass is 10.1. The van der Waals surface area contributed by atoms with E-state index in [2.05, 4.69) is 29.3 Å². The van der Waals surface area contributed by atoms with Crippen LogP contribution < -0.4 is 4.74 Å². The summed E-state index contributed by atoms with van der Waals surface area (Å²) in [5.41, 5.74) is 0.704. The predicted octanol–water partition coefficient (Wildman–Crippen LogP) is 5.08. The van der Waals surface area contributed by atoms with Crippen molar-refractivity contribution in [3.8, 4) is 5.75 Å². The molecule has 0 radical (unpaired) electrons. The van der Waals surface area contributed by atoms with E-state index in [1.165, 1.54) is 25.7 Å². The third kappa shape index (κ3) is 7.17. The molecule has 0 spiro atoms. The molecular formula is C16H21NO2S. The first-order valence-corrected chi connectivity index (χ1v) is 7.55. The SMILES string of the molecule is CCCCCCCCC(=O)Oc1ccc(N=C=S)cc1. The first-order chi connectivity index (χ1) is 9.76. The molecule has 1 aromatic rings. The molecule has 0 N–H and O–H groups in total. The Morgan fingerprint density at radius 2 is 1.80 bits per heavy atom. The van der Waals surface area contributed by atoms with E-state index in [9.17, 15) is 4.79 Å². The molecule has 0 fully saturated rings. The van der Waals surface area contributed by atoms with E-state index in [1.54, 1.807) is 24.3 Å². The molecule has 108 valence electrons. The summed E-state index contributed by atoms with van der Waals surface area (Å²) in [6, 6.07) is 6.91. The van der Waals surface area contributed by atoms with Crippen molar-refractivity contribution >= 4 is 29.0 Å². The molecule has 0 bridgehead atoms. The Morgan fingerprint density at radius 1 is 1.15 bits per heavy atom. The number of esters is 1. The molecule has 0 heterocycles. The summed E-state index contributed by atoms with van der Waals surface area (Å²) >= 11 is 4.52. The Hall–Kier alpha value is -1.51. The third-order valence-corrected chi connectivity index (χ3v) is 3.07. The lowest BCUT2D eigenvalue weighted by Crippen LogP contribution is -2.07. The fraction of sp³-hybridized carbons (Fsp3) is 0.500. The molecule has 0 saturated heterocycles. The van der Waals surface area contributed by atoms with Crippen molar-refractivity contribution in [2.75, 3.05) is 0 Å². The molecular weight excluding hydrogens is 270 g/mol. The average Bonchev–Trinajstić information content (AvgIpc) is 2.45. The molecule has 0 amide bonds. The smallest absolute Gasteiger partial charge is 0.311 e. The van der Waals surface area contributed by atoms with Crippen molar-refractivity contribution in [1.29, 1.82) is 0 Å². The molecule has 0 aromatic heterocycles. The number of unbranched alkanes of at least 4 members (excludes halogenated alkanes) is 5. The number of nitrogens with zero attached hydrogens (tertiary/aromatic N) is 1. The van der Waals surface area contributed by atoms with E-state index in [0.717, 1.165) is 12.8 Å². The van der Waals surface area contributed by atoms with Gasteiger partial charge in [-0.25, -0.2) is 0 Å². The lowest BCUT2D eigenvalue weighted by Gasteiger charge is -2.04. The second kappa shape index (κ2) is 10.3. The second-order valence-corrected chi connectivity index (χ2v) is 4.87. The summed E-state index contributed by atoms with van der Waals surface area (Å²) in [4.78, 5) is 15.5. The van der Waals surface area contributed by atoms with Crippen LogP contribution >= 0.6 is 12.2 Å². The van der Waals surface area contributed by atoms with Crippen molar-refractivity contribution in [3.63, 3.8) is 0 Å². The molecule has 0 unspecified atom stereocenters. The van der Waals surface area contributed by atoms with Crippen molar-refractivity contribution in [3.05, 3.63) is 24.3 Å². The van der Waals surface area contributed by atoms with Crippen molar-refractivity contribution in [2.24, 2.45) is 4.99 Å². The number of hydrogen-bond donors (Lipinski definition) is 0. The van der Waals surface area contributed by atoms with Gasteiger partial charge in [0.05, 0.1) is 10.8 Å². The van der Waals surface area contributed by atoms with Crippen molar-refractivity contribution in [2.45, 2.75) is 51.9 Å². The summed E-state index contributed by atoms with van der Waals surface area (Å²) in [5.74, 6) is 0.371. The third-order valence-electron chi connectivity index (χ3n) is 2.98. The van der Waals surface area contributed by atoms with Gasteiger partial charge in [-0.05, 0) is 42.9 Å². The van der Waals surface area contributed by atoms with Gasteiger partial charge in [0.25, 0.3) is 0 Å². The number of carbonyl (C=O) groups excluding carboxylic acids is 1. The summed E-state index contributed by atoms with van der Waals surface area (Å²) in [6.07, 6.45) is 7.45. The lowest BCUT2D eigenvalue weighted by molar-refractivity contribution is -0.134. The van der Waals surface area contributed by atoms with Crippen molar-refractivity contribution < 1.29 is 9.53 Å². The zero-order chi connectivity index (χ0) is 14.6. The maximum atomic E-state index is 11.6. The second-order valence-electron chi connectivity index (χ2n) is 4.69. The van der Waals surface area contributed by atoms with Crippen LogP contribution in [-0.2, 0) is 4.79 Å². The van der Waals surface area contributed by atoms with Gasteiger partial charge in [0, 0.05) is 6.42 Å². The van der Waals surface area contributed by atoms with E-state index >= 15 is 0 Å². The molecule has 0 aliphatic heterocycles. The van der Waals surface area contributed by atoms with Gasteiger partial charge < -0.3 is 4.74 Å². The minimum absolute atomic E-state index is 0.174. The van der Waals surface area contributed by atoms with Gasteiger partial charge in [0.2, 0.25) is 0 Å². The maximum Gasteiger partial charge on any atom is 0.311 e. The van der Waals surface area contributed by atoms with Crippen LogP contribution in [0, 0.1) is 0 Å². The molecule has 0 aliphatic rings. The summed E-state index contributed by atoms with van der Waals surface area (Å²) in [7, 11) is 0. The van der Waals surface area contributed by atoms with Crippen LogP contribution in [0.2, 0.25) is 0 Å². The van der Waals surface area contributed by atoms with Crippen LogP contribution in [0.15, 0.2) is 29.3 Å². The van der Waals surface area contributed by atoms with Gasteiger partial charge in [0.1, 0.15) is 5.75 Å². The predicted molar refractivity (Wildman–Crippen MR) is 84.8 cm³/mol. The molecule has 3 nitrogen and oxygen atoms in total. The fourth-order valence-electron chi connectivity index (χ4n) is 1.87. The van der Waals surface area contributed by atoms with E-state index < -0.39 is 0 Å². The Labute approximate surface area is 126 Å². The Balaban J connectivity index is 2.23. The number of ether oxygens (including phenoxy) is 1. The van der Waals surface area contributed by atoms with E-state index in [4.69, 9.17) is 4.74 Å². The highest BCUT2D eigenvalue weighted by Crippen LogP contribution is 2.18. The number of isothiocyanates is 1. The van der Waals surface area contributed by atoms with Crippen LogP contribution in [0.1, 0.15) is 51.9 Å². The normalized spacial score (nSPS) is 9.85. The number of aliphatic imine (C=N–C) groups is 1. The topological polar surface area (TPSA) is 38.7 Å². The van der Waals surface area contributed by atoms with Crippen LogP contribution in [-0.4, -0.2) is 11.1 Å². The van der Waals surface area contributed by atoms with Gasteiger partial charge in [-0.2, -0.15) is 4.99 Å². The maximum absolute atomic E-state index is 11.6. The van der Waals surface area contributed by atoms with Gasteiger partial charge in [-0.1, -0.05) is 39.0 Å². The van der Waals surface area contributed by atoms with Crippen LogP contribution in [0.3, 0.4) is 0 Å². The quantitative estimate of drug-likeness (QED) is 0.209. The fourth-order valence-corrected chi connectivity index (χ4v) is 1.98. The molecule has 0 atom stereocenters. The number of thiocarbonyl (C=S) groups is 1. The van der Waals surface area contributed by atoms with Crippen LogP contribution in [0.25, 0.3) is 0 Å². The Bertz CT molecular complexity index is 450. The summed E-state index contributed by atoms with van der Waals surface area (Å²) in [6.45, 7) is 2.20. The zero-order valence-corrected chi connectivity index (χ0v) is 12.7. The van der Waals surface area contributed by atoms with Gasteiger partial charge in [0.15, 0.2) is 0 Å². The van der Waals surface area contributed by atoms with Crippen LogP contribution in [0.5, 0.6) is 5.75 Å². The minimum Gasteiger partial charge on any atom is -0.427 e. The first-order valence-electron chi connectivity index (χ1n) is 7.15. The molecule has 4 heteroatoms. The molecule has 20 heavy (non-hydrogen) atoms. The van der Waals surface area contributed by atoms with Gasteiger partial charge in [-0.15, -0.1) is 0 Å². The Morgan fingerprint density at radius 3 is 2.45 bits per heavy atom. The highest BCUT2D eigenvalue weighted by atomic mass is 32.1. The standard InChI is InChI=1S/C16H21NO2S/c1-2-3-4-5-6-7-8-16(18)19-15-11-9-14(10-12-15)17-13-20/h9-12H,2-8H2,1H3. The van der Waals surface area contributed by atoms with E-state index in [1.807, 2.05) is 0 Å². The molecule has 0 saturated carbocycles. The number of hydrogen-bond acceptors (Lipinski definition) is 4. The monoisotopic (exact) mass is 291 g/mol. The molecule has 1 rings (SSSR count). The van der Waals surface area contributed by atoms with E-state index in [-0.39, 0.29) is 5.97 Å². The van der Waals surface area contributed by atoms with Crippen molar-refractivity contribution in [1.82, 2.24) is 0 Å². The minimum atomic E-state index is -0.174. The highest BCUT2D eigenvalue weighted by molar-refractivity contribution is 7.78. The van der Waals surface area contributed by atoms with Crippen LogP contribution in [0.4, 0.5) is 5.69 Å². The number of benzene rings is 1.